The Morgan fingerprint density at radius 3 is 1.44 bits per heavy atom. The van der Waals surface area contributed by atoms with Crippen LogP contribution in [0.5, 0.6) is 0 Å². The Morgan fingerprint density at radius 1 is 0.556 bits per heavy atom. The van der Waals surface area contributed by atoms with Gasteiger partial charge < -0.3 is 24.8 Å². The summed E-state index contributed by atoms with van der Waals surface area (Å²) in [6.45, 7) is 2.35. The minimum atomic E-state index is -0.122. The van der Waals surface area contributed by atoms with Crippen molar-refractivity contribution < 1.29 is 48.1 Å². The van der Waals surface area contributed by atoms with Crippen LogP contribution in [0, 0.1) is 12.2 Å². The molecular formula is C41H30Cl2SiZr-2. The molecule has 0 aromatic heterocycles. The van der Waals surface area contributed by atoms with Gasteiger partial charge in [0, 0.05) is 0 Å². The Morgan fingerprint density at radius 2 is 1.00 bits per heavy atom. The van der Waals surface area contributed by atoms with E-state index in [4.69, 9.17) is 0 Å². The van der Waals surface area contributed by atoms with Gasteiger partial charge in [0.25, 0.3) is 0 Å². The summed E-state index contributed by atoms with van der Waals surface area (Å²) in [4.78, 5) is 0. The molecule has 2 atom stereocenters. The average Bonchev–Trinajstić information content (AvgIpc) is 3.76. The van der Waals surface area contributed by atoms with E-state index in [-0.39, 0.29) is 30.2 Å². The second-order valence-electron chi connectivity index (χ2n) is 11.1. The standard InChI is InChI=1S/2C17H11.C7H8Si.2ClH.Zr/c2*1-2-6-14-12(4-1)8-10-17-15-7-3-5-13(15)9-11-16(14)17;1-8-7-5-3-2-4-6-7;;;/h2*1-8,10-11,15H;2-6H,1H3;2*1H;/q2*-1;;;;+2/p-2. The molecule has 9 rings (SSSR count). The SMILES string of the molecule is C[Si](=[Zr+2])c1ccccc1.[C-]1=Cc2c(ccc3ccccc23)C2C=CC=C12.[C-]1=Cc2c(ccc3ccccc23)C2C=CC=C12.[Cl-].[Cl-]. The molecule has 218 valence electrons. The molecule has 0 saturated heterocycles. The number of hydrogen-bond donors (Lipinski definition) is 0. The quantitative estimate of drug-likeness (QED) is 0.184. The van der Waals surface area contributed by atoms with Crippen LogP contribution in [0.4, 0.5) is 0 Å². The van der Waals surface area contributed by atoms with Crippen molar-refractivity contribution in [2.45, 2.75) is 18.4 Å². The molecule has 45 heavy (non-hydrogen) atoms. The zero-order valence-electron chi connectivity index (χ0n) is 24.8. The molecule has 4 aliphatic rings. The molecular weight excluding hydrogens is 683 g/mol. The van der Waals surface area contributed by atoms with E-state index in [1.807, 2.05) is 0 Å². The van der Waals surface area contributed by atoms with Crippen LogP contribution < -0.4 is 30.0 Å². The van der Waals surface area contributed by atoms with E-state index in [0.29, 0.717) is 11.8 Å². The molecule has 0 nitrogen and oxygen atoms in total. The molecule has 4 aliphatic carbocycles. The molecule has 0 saturated carbocycles. The molecule has 0 fully saturated rings. The molecule has 0 N–H and O–H groups in total. The van der Waals surface area contributed by atoms with E-state index in [9.17, 15) is 0 Å². The summed E-state index contributed by atoms with van der Waals surface area (Å²) in [5.41, 5.74) is 7.92. The fraction of sp³-hybridized carbons (Fsp3) is 0.0732. The normalized spacial score (nSPS) is 17.1. The first-order chi connectivity index (χ1) is 21.2. The van der Waals surface area contributed by atoms with Gasteiger partial charge in [0.1, 0.15) is 0 Å². The van der Waals surface area contributed by atoms with Crippen LogP contribution in [0.25, 0.3) is 33.7 Å². The topological polar surface area (TPSA) is 0 Å². The number of benzene rings is 5. The summed E-state index contributed by atoms with van der Waals surface area (Å²) in [5.74, 6) is 0.833. The van der Waals surface area contributed by atoms with Crippen molar-refractivity contribution in [1.29, 1.82) is 0 Å². The first-order valence-corrected chi connectivity index (χ1v) is 20.5. The minimum absolute atomic E-state index is 0. The molecule has 0 amide bonds. The predicted molar refractivity (Wildman–Crippen MR) is 181 cm³/mol. The largest absolute Gasteiger partial charge is 1.00 e. The second kappa shape index (κ2) is 14.9. The maximum atomic E-state index is 3.40. The zero-order valence-corrected chi connectivity index (χ0v) is 29.8. The van der Waals surface area contributed by atoms with E-state index in [2.05, 4.69) is 170 Å². The Labute approximate surface area is 293 Å². The van der Waals surface area contributed by atoms with Gasteiger partial charge in [0.05, 0.1) is 0 Å². The molecule has 0 radical (unpaired) electrons. The number of rotatable bonds is 1. The van der Waals surface area contributed by atoms with Crippen LogP contribution in [-0.4, -0.2) is 5.43 Å². The van der Waals surface area contributed by atoms with E-state index < -0.39 is 0 Å². The fourth-order valence-electron chi connectivity index (χ4n) is 6.26. The Balaban J connectivity index is 0.000000137. The fourth-order valence-corrected chi connectivity index (χ4v) is 8.18. The van der Waals surface area contributed by atoms with Crippen molar-refractivity contribution in [1.82, 2.24) is 0 Å². The van der Waals surface area contributed by atoms with Crippen LogP contribution in [0.15, 0.2) is 151 Å². The van der Waals surface area contributed by atoms with Gasteiger partial charge >= 0.3 is 70.8 Å². The van der Waals surface area contributed by atoms with E-state index in [0.717, 1.165) is 0 Å². The van der Waals surface area contributed by atoms with E-state index in [1.54, 1.807) is 28.5 Å². The van der Waals surface area contributed by atoms with Crippen molar-refractivity contribution in [2.75, 3.05) is 0 Å². The maximum Gasteiger partial charge on any atom is -0.00710 e. The van der Waals surface area contributed by atoms with Crippen LogP contribution in [0.3, 0.4) is 0 Å². The van der Waals surface area contributed by atoms with Crippen molar-refractivity contribution >= 4 is 44.3 Å². The summed E-state index contributed by atoms with van der Waals surface area (Å²) in [6, 6.07) is 36.8. The summed E-state index contributed by atoms with van der Waals surface area (Å²) in [7, 11) is 0. The van der Waals surface area contributed by atoms with E-state index >= 15 is 0 Å². The van der Waals surface area contributed by atoms with Crippen LogP contribution in [-0.2, 0) is 23.3 Å². The molecule has 0 bridgehead atoms. The number of hydrogen-bond acceptors (Lipinski definition) is 0. The molecule has 0 aliphatic heterocycles. The minimum Gasteiger partial charge on any atom is -1.00 e. The van der Waals surface area contributed by atoms with Crippen LogP contribution in [0.1, 0.15) is 34.1 Å². The second-order valence-corrected chi connectivity index (χ2v) is 18.5. The van der Waals surface area contributed by atoms with Gasteiger partial charge in [-0.15, -0.1) is 23.3 Å². The maximum absolute atomic E-state index is 3.40. The average molecular weight is 713 g/mol. The van der Waals surface area contributed by atoms with Gasteiger partial charge in [-0.25, -0.2) is 0 Å². The first kappa shape index (κ1) is 33.1. The van der Waals surface area contributed by atoms with Gasteiger partial charge in [-0.1, -0.05) is 107 Å². The van der Waals surface area contributed by atoms with Crippen molar-refractivity contribution in [3.8, 4) is 0 Å². The Hall–Kier alpha value is -3.26. The van der Waals surface area contributed by atoms with Gasteiger partial charge in [0.2, 0.25) is 0 Å². The van der Waals surface area contributed by atoms with Crippen LogP contribution >= 0.6 is 0 Å². The molecule has 2 unspecified atom stereocenters. The van der Waals surface area contributed by atoms with Gasteiger partial charge in [-0.3, -0.25) is 0 Å². The molecule has 4 heteroatoms. The summed E-state index contributed by atoms with van der Waals surface area (Å²) in [6.07, 6.45) is 24.1. The third-order valence-electron chi connectivity index (χ3n) is 8.48. The third kappa shape index (κ3) is 6.81. The van der Waals surface area contributed by atoms with Gasteiger partial charge in [0.15, 0.2) is 0 Å². The summed E-state index contributed by atoms with van der Waals surface area (Å²) >= 11 is 1.69. The number of allylic oxidation sites excluding steroid dienone is 10. The molecule has 0 spiro atoms. The number of halogens is 2. The Bertz CT molecular complexity index is 1940. The van der Waals surface area contributed by atoms with Crippen molar-refractivity contribution in [3.63, 3.8) is 0 Å². The predicted octanol–water partition coefficient (Wildman–Crippen LogP) is 3.57. The monoisotopic (exact) mass is 710 g/mol. The summed E-state index contributed by atoms with van der Waals surface area (Å²) in [5, 5.41) is 6.83. The molecule has 5 aromatic carbocycles. The Kier molecular flexibility index (Phi) is 11.0. The smallest absolute Gasteiger partial charge is 0.00710 e. The zero-order chi connectivity index (χ0) is 29.2. The van der Waals surface area contributed by atoms with Crippen molar-refractivity contribution in [3.05, 3.63) is 185 Å². The van der Waals surface area contributed by atoms with Crippen LogP contribution in [0.2, 0.25) is 6.55 Å². The van der Waals surface area contributed by atoms with Crippen molar-refractivity contribution in [2.24, 2.45) is 0 Å². The van der Waals surface area contributed by atoms with Gasteiger partial charge in [-0.2, -0.15) is 47.6 Å². The summed E-state index contributed by atoms with van der Waals surface area (Å²) < 4.78 is 0. The molecule has 0 heterocycles. The third-order valence-corrected chi connectivity index (χ3v) is 11.8. The van der Waals surface area contributed by atoms with E-state index in [1.165, 1.54) is 54.9 Å². The van der Waals surface area contributed by atoms with Gasteiger partial charge in [-0.05, 0) is 22.6 Å². The first-order valence-electron chi connectivity index (χ1n) is 14.8. The molecule has 5 aromatic rings. The number of fused-ring (bicyclic) bond motifs is 10.